The molecule has 1 aliphatic rings. The number of carbonyl (C=O) groups is 1. The van der Waals surface area contributed by atoms with Gasteiger partial charge in [-0.05, 0) is 25.5 Å². The van der Waals surface area contributed by atoms with E-state index in [0.29, 0.717) is 16.6 Å². The SMILES string of the molecule is CCC(C)N1CCN(c2cccc(Cl)c2C=O)CC1. The second-order valence-corrected chi connectivity index (χ2v) is 5.48. The lowest BCUT2D eigenvalue weighted by atomic mass is 10.1. The van der Waals surface area contributed by atoms with Gasteiger partial charge in [0.1, 0.15) is 0 Å². The maximum atomic E-state index is 11.2. The molecule has 0 N–H and O–H groups in total. The van der Waals surface area contributed by atoms with Crippen LogP contribution in [-0.2, 0) is 0 Å². The van der Waals surface area contributed by atoms with Gasteiger partial charge in [0.25, 0.3) is 0 Å². The second kappa shape index (κ2) is 6.40. The molecule has 1 saturated heterocycles. The van der Waals surface area contributed by atoms with Crippen LogP contribution >= 0.6 is 11.6 Å². The van der Waals surface area contributed by atoms with Gasteiger partial charge in [0.05, 0.1) is 10.6 Å². The molecule has 1 aliphatic heterocycles. The fraction of sp³-hybridized carbons (Fsp3) is 0.533. The zero-order chi connectivity index (χ0) is 13.8. The van der Waals surface area contributed by atoms with Crippen LogP contribution in [0.3, 0.4) is 0 Å². The molecule has 1 aromatic rings. The molecular weight excluding hydrogens is 260 g/mol. The molecule has 19 heavy (non-hydrogen) atoms. The van der Waals surface area contributed by atoms with Crippen molar-refractivity contribution in [1.82, 2.24) is 4.90 Å². The van der Waals surface area contributed by atoms with Gasteiger partial charge in [-0.1, -0.05) is 24.6 Å². The van der Waals surface area contributed by atoms with E-state index in [9.17, 15) is 4.79 Å². The van der Waals surface area contributed by atoms with Gasteiger partial charge in [-0.25, -0.2) is 0 Å². The van der Waals surface area contributed by atoms with E-state index in [1.165, 1.54) is 6.42 Å². The standard InChI is InChI=1S/C15H21ClN2O/c1-3-12(2)17-7-9-18(10-8-17)15-6-4-5-14(16)13(15)11-19/h4-6,11-12H,3,7-10H2,1-2H3. The Labute approximate surface area is 120 Å². The average molecular weight is 281 g/mol. The van der Waals surface area contributed by atoms with E-state index >= 15 is 0 Å². The predicted molar refractivity (Wildman–Crippen MR) is 80.4 cm³/mol. The largest absolute Gasteiger partial charge is 0.368 e. The van der Waals surface area contributed by atoms with Crippen molar-refractivity contribution >= 4 is 23.6 Å². The van der Waals surface area contributed by atoms with Gasteiger partial charge < -0.3 is 4.90 Å². The quantitative estimate of drug-likeness (QED) is 0.792. The van der Waals surface area contributed by atoms with Crippen molar-refractivity contribution < 1.29 is 4.79 Å². The summed E-state index contributed by atoms with van der Waals surface area (Å²) < 4.78 is 0. The van der Waals surface area contributed by atoms with E-state index in [1.807, 2.05) is 12.1 Å². The molecule has 0 spiro atoms. The Balaban J connectivity index is 2.10. The molecule has 1 aromatic carbocycles. The zero-order valence-corrected chi connectivity index (χ0v) is 12.4. The third kappa shape index (κ3) is 3.10. The summed E-state index contributed by atoms with van der Waals surface area (Å²) in [5, 5.41) is 0.539. The Bertz CT molecular complexity index is 442. The summed E-state index contributed by atoms with van der Waals surface area (Å²) >= 11 is 6.08. The van der Waals surface area contributed by atoms with Gasteiger partial charge in [0.15, 0.2) is 6.29 Å². The Morgan fingerprint density at radius 1 is 1.32 bits per heavy atom. The van der Waals surface area contributed by atoms with E-state index in [1.54, 1.807) is 6.07 Å². The minimum absolute atomic E-state index is 0.539. The van der Waals surface area contributed by atoms with Gasteiger partial charge in [-0.15, -0.1) is 0 Å². The maximum Gasteiger partial charge on any atom is 0.153 e. The molecule has 1 heterocycles. The minimum Gasteiger partial charge on any atom is -0.368 e. The molecule has 1 fully saturated rings. The smallest absolute Gasteiger partial charge is 0.153 e. The number of rotatable bonds is 4. The van der Waals surface area contributed by atoms with E-state index < -0.39 is 0 Å². The first-order valence-electron chi connectivity index (χ1n) is 6.90. The number of hydrogen-bond donors (Lipinski definition) is 0. The van der Waals surface area contributed by atoms with Crippen molar-refractivity contribution in [2.24, 2.45) is 0 Å². The summed E-state index contributed by atoms with van der Waals surface area (Å²) in [6, 6.07) is 6.29. The van der Waals surface area contributed by atoms with Gasteiger partial charge in [-0.2, -0.15) is 0 Å². The highest BCUT2D eigenvalue weighted by Gasteiger charge is 2.22. The van der Waals surface area contributed by atoms with E-state index in [-0.39, 0.29) is 0 Å². The van der Waals surface area contributed by atoms with Crippen LogP contribution in [0.2, 0.25) is 5.02 Å². The highest BCUT2D eigenvalue weighted by atomic mass is 35.5. The van der Waals surface area contributed by atoms with Crippen molar-refractivity contribution in [2.75, 3.05) is 31.1 Å². The molecule has 3 nitrogen and oxygen atoms in total. The molecule has 1 unspecified atom stereocenters. The summed E-state index contributed by atoms with van der Waals surface area (Å²) in [6.45, 7) is 8.47. The fourth-order valence-electron chi connectivity index (χ4n) is 2.58. The lowest BCUT2D eigenvalue weighted by Gasteiger charge is -2.39. The summed E-state index contributed by atoms with van der Waals surface area (Å²) in [4.78, 5) is 15.9. The topological polar surface area (TPSA) is 23.6 Å². The first kappa shape index (κ1) is 14.4. The van der Waals surface area contributed by atoms with Crippen LogP contribution in [0, 0.1) is 0 Å². The van der Waals surface area contributed by atoms with Crippen LogP contribution in [0.4, 0.5) is 5.69 Å². The number of aldehydes is 1. The van der Waals surface area contributed by atoms with Crippen LogP contribution in [-0.4, -0.2) is 43.4 Å². The molecular formula is C15H21ClN2O. The van der Waals surface area contributed by atoms with Crippen molar-refractivity contribution in [3.8, 4) is 0 Å². The molecule has 0 aromatic heterocycles. The Morgan fingerprint density at radius 2 is 2.00 bits per heavy atom. The number of hydrogen-bond acceptors (Lipinski definition) is 3. The lowest BCUT2D eigenvalue weighted by Crippen LogP contribution is -2.49. The third-order valence-electron chi connectivity index (χ3n) is 4.02. The summed E-state index contributed by atoms with van der Waals surface area (Å²) in [6.07, 6.45) is 2.04. The Hall–Kier alpha value is -1.06. The number of benzene rings is 1. The van der Waals surface area contributed by atoms with Gasteiger partial charge >= 0.3 is 0 Å². The molecule has 4 heteroatoms. The highest BCUT2D eigenvalue weighted by molar-refractivity contribution is 6.33. The zero-order valence-electron chi connectivity index (χ0n) is 11.6. The number of anilines is 1. The Kier molecular flexibility index (Phi) is 4.83. The lowest BCUT2D eigenvalue weighted by molar-refractivity contribution is 0.112. The molecule has 2 rings (SSSR count). The van der Waals surface area contributed by atoms with Crippen molar-refractivity contribution in [3.63, 3.8) is 0 Å². The average Bonchev–Trinajstić information content (AvgIpc) is 2.46. The fourth-order valence-corrected chi connectivity index (χ4v) is 2.79. The van der Waals surface area contributed by atoms with Crippen LogP contribution in [0.1, 0.15) is 30.6 Å². The monoisotopic (exact) mass is 280 g/mol. The molecule has 0 bridgehead atoms. The number of nitrogens with zero attached hydrogens (tertiary/aromatic N) is 2. The van der Waals surface area contributed by atoms with Crippen LogP contribution in [0.25, 0.3) is 0 Å². The molecule has 0 aliphatic carbocycles. The molecule has 0 amide bonds. The normalized spacial score (nSPS) is 18.4. The summed E-state index contributed by atoms with van der Waals surface area (Å²) in [7, 11) is 0. The highest BCUT2D eigenvalue weighted by Crippen LogP contribution is 2.27. The van der Waals surface area contributed by atoms with Crippen LogP contribution in [0.5, 0.6) is 0 Å². The van der Waals surface area contributed by atoms with Crippen LogP contribution in [0.15, 0.2) is 18.2 Å². The van der Waals surface area contributed by atoms with Crippen molar-refractivity contribution in [2.45, 2.75) is 26.3 Å². The Morgan fingerprint density at radius 3 is 2.58 bits per heavy atom. The molecule has 104 valence electrons. The first-order valence-corrected chi connectivity index (χ1v) is 7.27. The van der Waals surface area contributed by atoms with Crippen molar-refractivity contribution in [1.29, 1.82) is 0 Å². The van der Waals surface area contributed by atoms with Crippen LogP contribution < -0.4 is 4.90 Å². The second-order valence-electron chi connectivity index (χ2n) is 5.07. The number of carbonyl (C=O) groups excluding carboxylic acids is 1. The molecule has 1 atom stereocenters. The van der Waals surface area contributed by atoms with E-state index in [2.05, 4.69) is 23.6 Å². The third-order valence-corrected chi connectivity index (χ3v) is 4.35. The number of piperazine rings is 1. The predicted octanol–water partition coefficient (Wildman–Crippen LogP) is 3.07. The minimum atomic E-state index is 0.539. The maximum absolute atomic E-state index is 11.2. The summed E-state index contributed by atoms with van der Waals surface area (Å²) in [5.74, 6) is 0. The van der Waals surface area contributed by atoms with Gasteiger partial charge in [0, 0.05) is 37.9 Å². The first-order chi connectivity index (χ1) is 9.17. The van der Waals surface area contributed by atoms with E-state index in [4.69, 9.17) is 11.6 Å². The van der Waals surface area contributed by atoms with Gasteiger partial charge in [-0.3, -0.25) is 9.69 Å². The molecule has 0 saturated carbocycles. The van der Waals surface area contributed by atoms with E-state index in [0.717, 1.165) is 38.2 Å². The number of halogens is 1. The molecule has 0 radical (unpaired) electrons. The van der Waals surface area contributed by atoms with Gasteiger partial charge in [0.2, 0.25) is 0 Å². The van der Waals surface area contributed by atoms with Crippen molar-refractivity contribution in [3.05, 3.63) is 28.8 Å². The summed E-state index contributed by atoms with van der Waals surface area (Å²) in [5.41, 5.74) is 1.58.